The molecule has 0 saturated heterocycles. The van der Waals surface area contributed by atoms with E-state index in [1.54, 1.807) is 23.1 Å². The quantitative estimate of drug-likeness (QED) is 0.920. The third-order valence-corrected chi connectivity index (χ3v) is 4.97. The molecule has 6 heteroatoms. The van der Waals surface area contributed by atoms with Crippen LogP contribution in [0.25, 0.3) is 0 Å². The van der Waals surface area contributed by atoms with Crippen molar-refractivity contribution in [1.29, 1.82) is 0 Å². The van der Waals surface area contributed by atoms with E-state index in [4.69, 9.17) is 5.73 Å². The van der Waals surface area contributed by atoms with Gasteiger partial charge in [0.2, 0.25) is 5.13 Å². The molecule has 2 aromatic rings. The summed E-state index contributed by atoms with van der Waals surface area (Å²) >= 11 is 3.26. The summed E-state index contributed by atoms with van der Waals surface area (Å²) in [5, 5.41) is 9.28. The lowest BCUT2D eigenvalue weighted by molar-refractivity contribution is 0.734. The third-order valence-electron chi connectivity index (χ3n) is 2.84. The maximum Gasteiger partial charge on any atom is 0.208 e. The first-order chi connectivity index (χ1) is 9.45. The van der Waals surface area contributed by atoms with Crippen LogP contribution in [-0.4, -0.2) is 30.3 Å². The molecule has 20 heavy (non-hydrogen) atoms. The van der Waals surface area contributed by atoms with Gasteiger partial charge in [-0.15, -0.1) is 10.2 Å². The van der Waals surface area contributed by atoms with E-state index in [1.165, 1.54) is 16.0 Å². The van der Waals surface area contributed by atoms with Crippen molar-refractivity contribution in [3.63, 3.8) is 0 Å². The number of nitrogens with zero attached hydrogens (tertiary/aromatic N) is 3. The van der Waals surface area contributed by atoms with Crippen molar-refractivity contribution >= 4 is 28.2 Å². The minimum absolute atomic E-state index is 0.193. The molecule has 0 saturated carbocycles. The van der Waals surface area contributed by atoms with Crippen molar-refractivity contribution in [1.82, 2.24) is 10.2 Å². The number of nitrogens with two attached hydrogens (primary N) is 1. The Bertz CT molecular complexity index is 578. The monoisotopic (exact) mass is 308 g/mol. The van der Waals surface area contributed by atoms with Crippen molar-refractivity contribution < 1.29 is 0 Å². The highest BCUT2D eigenvalue weighted by atomic mass is 32.2. The minimum atomic E-state index is 0.193. The molecule has 1 heterocycles. The van der Waals surface area contributed by atoms with Gasteiger partial charge in [0.05, 0.1) is 0 Å². The number of benzene rings is 1. The molecule has 1 atom stereocenters. The fourth-order valence-electron chi connectivity index (χ4n) is 1.83. The van der Waals surface area contributed by atoms with Crippen molar-refractivity contribution in [3.8, 4) is 0 Å². The molecular weight excluding hydrogens is 288 g/mol. The lowest BCUT2D eigenvalue weighted by Crippen LogP contribution is -2.18. The Morgan fingerprint density at radius 1 is 1.35 bits per heavy atom. The second-order valence-corrected chi connectivity index (χ2v) is 7.39. The topological polar surface area (TPSA) is 55.0 Å². The van der Waals surface area contributed by atoms with Gasteiger partial charge in [-0.3, -0.25) is 0 Å². The molecule has 0 bridgehead atoms. The lowest BCUT2D eigenvalue weighted by atomic mass is 10.0. The fraction of sp³-hybridized carbons (Fsp3) is 0.429. The summed E-state index contributed by atoms with van der Waals surface area (Å²) in [5.74, 6) is 0. The van der Waals surface area contributed by atoms with Crippen LogP contribution in [0, 0.1) is 6.92 Å². The summed E-state index contributed by atoms with van der Waals surface area (Å²) in [5.41, 5.74) is 8.46. The van der Waals surface area contributed by atoms with Gasteiger partial charge in [-0.05, 0) is 43.5 Å². The molecule has 1 unspecified atom stereocenters. The Morgan fingerprint density at radius 3 is 2.65 bits per heavy atom. The average Bonchev–Trinajstić information content (AvgIpc) is 2.81. The van der Waals surface area contributed by atoms with Gasteiger partial charge in [0, 0.05) is 25.0 Å². The van der Waals surface area contributed by atoms with Crippen molar-refractivity contribution in [3.05, 3.63) is 29.3 Å². The van der Waals surface area contributed by atoms with Crippen molar-refractivity contribution in [2.45, 2.75) is 35.5 Å². The third kappa shape index (κ3) is 3.94. The van der Waals surface area contributed by atoms with E-state index in [2.05, 4.69) is 35.3 Å². The number of hydrogen-bond donors (Lipinski definition) is 1. The Hall–Kier alpha value is -1.11. The van der Waals surface area contributed by atoms with Gasteiger partial charge in [0.1, 0.15) is 0 Å². The van der Waals surface area contributed by atoms with Gasteiger partial charge >= 0.3 is 0 Å². The molecule has 0 aliphatic carbocycles. The molecule has 1 aromatic carbocycles. The largest absolute Gasteiger partial charge is 0.353 e. The molecule has 2 rings (SSSR count). The van der Waals surface area contributed by atoms with Gasteiger partial charge < -0.3 is 10.6 Å². The molecule has 0 aliphatic heterocycles. The summed E-state index contributed by atoms with van der Waals surface area (Å²) < 4.78 is 0.966. The molecule has 1 aromatic heterocycles. The molecule has 0 fully saturated rings. The first kappa shape index (κ1) is 15.3. The van der Waals surface area contributed by atoms with E-state index in [1.807, 2.05) is 25.9 Å². The van der Waals surface area contributed by atoms with Crippen LogP contribution in [0.5, 0.6) is 0 Å². The zero-order valence-corrected chi connectivity index (χ0v) is 13.9. The Labute approximate surface area is 128 Å². The van der Waals surface area contributed by atoms with Crippen LogP contribution < -0.4 is 10.6 Å². The van der Waals surface area contributed by atoms with Crippen LogP contribution >= 0.6 is 23.1 Å². The van der Waals surface area contributed by atoms with E-state index >= 15 is 0 Å². The number of hydrogen-bond acceptors (Lipinski definition) is 6. The number of aryl methyl sites for hydroxylation is 1. The first-order valence-corrected chi connectivity index (χ1v) is 8.13. The normalized spacial score (nSPS) is 12.4. The highest BCUT2D eigenvalue weighted by molar-refractivity contribution is 8.01. The predicted molar refractivity (Wildman–Crippen MR) is 86.9 cm³/mol. The first-order valence-electron chi connectivity index (χ1n) is 6.49. The minimum Gasteiger partial charge on any atom is -0.353 e. The molecule has 108 valence electrons. The molecule has 2 N–H and O–H groups in total. The molecule has 0 aliphatic rings. The number of rotatable bonds is 5. The highest BCUT2D eigenvalue weighted by Crippen LogP contribution is 2.33. The number of anilines is 1. The van der Waals surface area contributed by atoms with Gasteiger partial charge in [-0.25, -0.2) is 0 Å². The van der Waals surface area contributed by atoms with Crippen molar-refractivity contribution in [2.24, 2.45) is 5.73 Å². The maximum atomic E-state index is 5.86. The summed E-state index contributed by atoms with van der Waals surface area (Å²) in [7, 11) is 3.95. The second kappa shape index (κ2) is 6.56. The Balaban J connectivity index is 2.11. The molecule has 4 nitrogen and oxygen atoms in total. The standard InChI is InChI=1S/C14H20N4S2/c1-9-7-12(6-5-11(9)8-10(2)15)19-14-17-16-13(20-14)18(3)4/h5-7,10H,8,15H2,1-4H3. The summed E-state index contributed by atoms with van der Waals surface area (Å²) in [6.45, 7) is 4.17. The molecular formula is C14H20N4S2. The van der Waals surface area contributed by atoms with E-state index in [0.717, 1.165) is 15.9 Å². The van der Waals surface area contributed by atoms with Crippen LogP contribution in [0.4, 0.5) is 5.13 Å². The van der Waals surface area contributed by atoms with Crippen LogP contribution in [0.1, 0.15) is 18.1 Å². The van der Waals surface area contributed by atoms with Crippen LogP contribution in [0.2, 0.25) is 0 Å². The average molecular weight is 308 g/mol. The van der Waals surface area contributed by atoms with Gasteiger partial charge in [0.25, 0.3) is 0 Å². The van der Waals surface area contributed by atoms with Crippen LogP contribution in [0.3, 0.4) is 0 Å². The zero-order chi connectivity index (χ0) is 14.7. The van der Waals surface area contributed by atoms with Crippen LogP contribution in [0.15, 0.2) is 27.4 Å². The van der Waals surface area contributed by atoms with E-state index in [9.17, 15) is 0 Å². The van der Waals surface area contributed by atoms with Crippen molar-refractivity contribution in [2.75, 3.05) is 19.0 Å². The smallest absolute Gasteiger partial charge is 0.208 e. The number of aromatic nitrogens is 2. The molecule has 0 amide bonds. The SMILES string of the molecule is Cc1cc(Sc2nnc(N(C)C)s2)ccc1CC(C)N. The maximum absolute atomic E-state index is 5.86. The fourth-order valence-corrected chi connectivity index (χ4v) is 3.67. The molecule has 0 spiro atoms. The summed E-state index contributed by atoms with van der Waals surface area (Å²) in [6, 6.07) is 6.68. The highest BCUT2D eigenvalue weighted by Gasteiger charge is 2.09. The van der Waals surface area contributed by atoms with E-state index in [-0.39, 0.29) is 6.04 Å². The predicted octanol–water partition coefficient (Wildman–Crippen LogP) is 2.95. The summed E-state index contributed by atoms with van der Waals surface area (Å²) in [6.07, 6.45) is 0.917. The molecule has 0 radical (unpaired) electrons. The van der Waals surface area contributed by atoms with Gasteiger partial charge in [0.15, 0.2) is 4.34 Å². The van der Waals surface area contributed by atoms with Gasteiger partial charge in [-0.2, -0.15) is 0 Å². The van der Waals surface area contributed by atoms with Crippen LogP contribution in [-0.2, 0) is 6.42 Å². The second-order valence-electron chi connectivity index (χ2n) is 5.12. The Kier molecular flexibility index (Phi) is 5.01. The summed E-state index contributed by atoms with van der Waals surface area (Å²) in [4.78, 5) is 3.16. The Morgan fingerprint density at radius 2 is 2.10 bits per heavy atom. The lowest BCUT2D eigenvalue weighted by Gasteiger charge is -2.09. The van der Waals surface area contributed by atoms with E-state index < -0.39 is 0 Å². The van der Waals surface area contributed by atoms with Gasteiger partial charge in [-0.1, -0.05) is 29.2 Å². The van der Waals surface area contributed by atoms with E-state index in [0.29, 0.717) is 0 Å². The zero-order valence-electron chi connectivity index (χ0n) is 12.3.